The van der Waals surface area contributed by atoms with Gasteiger partial charge in [0.1, 0.15) is 0 Å². The normalized spacial score (nSPS) is 32.8. The van der Waals surface area contributed by atoms with E-state index in [1.165, 1.54) is 0 Å². The zero-order valence-corrected chi connectivity index (χ0v) is 7.83. The van der Waals surface area contributed by atoms with Gasteiger partial charge in [0.2, 0.25) is 0 Å². The smallest absolute Gasteiger partial charge is 0.162 e. The van der Waals surface area contributed by atoms with Gasteiger partial charge in [-0.15, -0.1) is 0 Å². The second-order valence-electron chi connectivity index (χ2n) is 3.92. The summed E-state index contributed by atoms with van der Waals surface area (Å²) in [5.41, 5.74) is 1.85. The van der Waals surface area contributed by atoms with E-state index in [4.69, 9.17) is 0 Å². The highest BCUT2D eigenvalue weighted by atomic mass is 16.1. The van der Waals surface area contributed by atoms with Gasteiger partial charge in [-0.25, -0.2) is 0 Å². The van der Waals surface area contributed by atoms with Crippen LogP contribution in [0.25, 0.3) is 0 Å². The molecule has 2 rings (SSSR count). The van der Waals surface area contributed by atoms with Gasteiger partial charge in [-0.1, -0.05) is 11.1 Å². The first-order valence-corrected chi connectivity index (χ1v) is 4.53. The Morgan fingerprint density at radius 3 is 1.77 bits per heavy atom. The molecule has 2 heteroatoms. The number of carbonyl (C=O) groups excluding carboxylic acids is 2. The fraction of sp³-hybridized carbons (Fsp3) is 0.455. The zero-order chi connectivity index (χ0) is 9.59. The Labute approximate surface area is 77.3 Å². The molecule has 0 heterocycles. The summed E-state index contributed by atoms with van der Waals surface area (Å²) in [6.45, 7) is 3.73. The summed E-state index contributed by atoms with van der Waals surface area (Å²) in [6, 6.07) is 0. The summed E-state index contributed by atoms with van der Waals surface area (Å²) < 4.78 is 0. The van der Waals surface area contributed by atoms with Gasteiger partial charge < -0.3 is 0 Å². The summed E-state index contributed by atoms with van der Waals surface area (Å²) in [5, 5.41) is 0. The third-order valence-corrected chi connectivity index (χ3v) is 3.00. The molecule has 0 amide bonds. The van der Waals surface area contributed by atoms with Crippen molar-refractivity contribution in [3.63, 3.8) is 0 Å². The summed E-state index contributed by atoms with van der Waals surface area (Å²) in [5.74, 6) is 0.280. The van der Waals surface area contributed by atoms with E-state index in [0.29, 0.717) is 6.42 Å². The predicted molar refractivity (Wildman–Crippen MR) is 49.1 cm³/mol. The highest BCUT2D eigenvalue weighted by Crippen LogP contribution is 2.35. The van der Waals surface area contributed by atoms with Crippen molar-refractivity contribution in [3.05, 3.63) is 23.3 Å². The standard InChI is InChI=1S/C11H12O2/c1-6-3-10(12)9-5-8(6)11(13)4-7(9)2/h3-4,8-9H,5H2,1-2H3/t8-,9-/m0/s1. The van der Waals surface area contributed by atoms with E-state index in [0.717, 1.165) is 11.1 Å². The molecule has 2 aliphatic rings. The molecular formula is C11H12O2. The minimum absolute atomic E-state index is 0.0219. The Morgan fingerprint density at radius 1 is 1.00 bits per heavy atom. The van der Waals surface area contributed by atoms with E-state index < -0.39 is 0 Å². The van der Waals surface area contributed by atoms with E-state index in [2.05, 4.69) is 0 Å². The number of carbonyl (C=O) groups is 2. The first-order chi connectivity index (χ1) is 6.09. The van der Waals surface area contributed by atoms with Crippen molar-refractivity contribution in [2.24, 2.45) is 11.8 Å². The maximum absolute atomic E-state index is 11.5. The minimum atomic E-state index is -0.0219. The fourth-order valence-electron chi connectivity index (χ4n) is 2.14. The van der Waals surface area contributed by atoms with Crippen molar-refractivity contribution in [2.75, 3.05) is 0 Å². The molecule has 0 aliphatic heterocycles. The second-order valence-corrected chi connectivity index (χ2v) is 3.92. The summed E-state index contributed by atoms with van der Waals surface area (Å²) in [7, 11) is 0. The lowest BCUT2D eigenvalue weighted by atomic mass is 9.72. The number of hydrogen-bond donors (Lipinski definition) is 0. The van der Waals surface area contributed by atoms with Gasteiger partial charge in [0.25, 0.3) is 0 Å². The lowest BCUT2D eigenvalue weighted by Crippen LogP contribution is -2.32. The minimum Gasteiger partial charge on any atom is -0.294 e. The molecule has 2 bridgehead atoms. The van der Waals surface area contributed by atoms with Crippen LogP contribution in [0, 0.1) is 11.8 Å². The van der Waals surface area contributed by atoms with Crippen LogP contribution in [0.2, 0.25) is 0 Å². The van der Waals surface area contributed by atoms with Crippen LogP contribution in [0.15, 0.2) is 23.3 Å². The molecule has 0 aromatic heterocycles. The van der Waals surface area contributed by atoms with Crippen molar-refractivity contribution in [1.82, 2.24) is 0 Å². The van der Waals surface area contributed by atoms with Crippen LogP contribution in [0.5, 0.6) is 0 Å². The fourth-order valence-corrected chi connectivity index (χ4v) is 2.14. The SMILES string of the molecule is CC1=CC(=O)[C@H]2C[C@@H]1C(=O)C=C2C. The average molecular weight is 176 g/mol. The number of ketones is 2. The number of allylic oxidation sites excluding steroid dienone is 4. The summed E-state index contributed by atoms with van der Waals surface area (Å²) >= 11 is 0. The summed E-state index contributed by atoms with van der Waals surface area (Å²) in [6.07, 6.45) is 3.96. The molecule has 0 radical (unpaired) electrons. The third kappa shape index (κ3) is 1.17. The molecule has 0 aromatic carbocycles. The van der Waals surface area contributed by atoms with E-state index in [1.54, 1.807) is 12.2 Å². The van der Waals surface area contributed by atoms with Crippen molar-refractivity contribution >= 4 is 11.6 Å². The van der Waals surface area contributed by atoms with E-state index >= 15 is 0 Å². The lowest BCUT2D eigenvalue weighted by molar-refractivity contribution is -0.122. The van der Waals surface area contributed by atoms with Gasteiger partial charge in [0.15, 0.2) is 11.6 Å². The Bertz CT molecular complexity index is 313. The topological polar surface area (TPSA) is 34.1 Å². The van der Waals surface area contributed by atoms with Crippen molar-refractivity contribution in [2.45, 2.75) is 20.3 Å². The zero-order valence-electron chi connectivity index (χ0n) is 7.83. The van der Waals surface area contributed by atoms with E-state index in [1.807, 2.05) is 13.8 Å². The molecule has 0 N–H and O–H groups in total. The molecule has 68 valence electrons. The lowest BCUT2D eigenvalue weighted by Gasteiger charge is -2.30. The Balaban J connectivity index is 2.47. The van der Waals surface area contributed by atoms with Crippen LogP contribution < -0.4 is 0 Å². The first-order valence-electron chi connectivity index (χ1n) is 4.53. The molecule has 13 heavy (non-hydrogen) atoms. The van der Waals surface area contributed by atoms with Gasteiger partial charge in [-0.3, -0.25) is 9.59 Å². The van der Waals surface area contributed by atoms with Crippen LogP contribution in [-0.2, 0) is 9.59 Å². The van der Waals surface area contributed by atoms with Crippen molar-refractivity contribution in [1.29, 1.82) is 0 Å². The quantitative estimate of drug-likeness (QED) is 0.562. The first kappa shape index (κ1) is 8.42. The molecule has 0 unspecified atom stereocenters. The molecule has 0 saturated heterocycles. The van der Waals surface area contributed by atoms with Crippen LogP contribution in [0.3, 0.4) is 0 Å². The molecule has 2 aliphatic carbocycles. The Morgan fingerprint density at radius 2 is 1.38 bits per heavy atom. The van der Waals surface area contributed by atoms with Gasteiger partial charge in [0.05, 0.1) is 0 Å². The van der Waals surface area contributed by atoms with Crippen LogP contribution in [-0.4, -0.2) is 11.6 Å². The monoisotopic (exact) mass is 176 g/mol. The largest absolute Gasteiger partial charge is 0.294 e. The third-order valence-electron chi connectivity index (χ3n) is 3.00. The van der Waals surface area contributed by atoms with Crippen molar-refractivity contribution in [3.8, 4) is 0 Å². The van der Waals surface area contributed by atoms with Crippen LogP contribution in [0.4, 0.5) is 0 Å². The van der Waals surface area contributed by atoms with Gasteiger partial charge in [-0.2, -0.15) is 0 Å². The molecule has 0 fully saturated rings. The van der Waals surface area contributed by atoms with E-state index in [9.17, 15) is 9.59 Å². The van der Waals surface area contributed by atoms with Crippen molar-refractivity contribution < 1.29 is 9.59 Å². The molecule has 0 saturated carbocycles. The van der Waals surface area contributed by atoms with Gasteiger partial charge in [-0.05, 0) is 32.4 Å². The Kier molecular flexibility index (Phi) is 1.72. The average Bonchev–Trinajstić information content (AvgIpc) is 2.02. The molecule has 0 aromatic rings. The van der Waals surface area contributed by atoms with E-state index in [-0.39, 0.29) is 23.4 Å². The van der Waals surface area contributed by atoms with Gasteiger partial charge in [0, 0.05) is 11.8 Å². The molecule has 2 nitrogen and oxygen atoms in total. The molecular weight excluding hydrogens is 164 g/mol. The maximum Gasteiger partial charge on any atom is 0.162 e. The van der Waals surface area contributed by atoms with Crippen LogP contribution >= 0.6 is 0 Å². The number of fused-ring (bicyclic) bond motifs is 2. The molecule has 2 atom stereocenters. The maximum atomic E-state index is 11.5. The highest BCUT2D eigenvalue weighted by Gasteiger charge is 2.35. The highest BCUT2D eigenvalue weighted by molar-refractivity contribution is 6.04. The molecule has 0 spiro atoms. The predicted octanol–water partition coefficient (Wildman–Crippen LogP) is 1.67. The number of hydrogen-bond acceptors (Lipinski definition) is 2. The number of rotatable bonds is 0. The Hall–Kier alpha value is -1.18. The van der Waals surface area contributed by atoms with Crippen LogP contribution in [0.1, 0.15) is 20.3 Å². The second kappa shape index (κ2) is 2.66. The summed E-state index contributed by atoms with van der Waals surface area (Å²) in [4.78, 5) is 23.0. The van der Waals surface area contributed by atoms with Gasteiger partial charge >= 0.3 is 0 Å².